The van der Waals surface area contributed by atoms with Crippen molar-refractivity contribution in [3.05, 3.63) is 29.1 Å². The number of carboxylic acid groups (broad SMARTS) is 1. The number of hydrogen-bond donors (Lipinski definition) is 1. The molecule has 0 spiro atoms. The van der Waals surface area contributed by atoms with Gasteiger partial charge in [-0.15, -0.1) is 0 Å². The van der Waals surface area contributed by atoms with E-state index in [2.05, 4.69) is 4.98 Å². The van der Waals surface area contributed by atoms with Gasteiger partial charge in [-0.1, -0.05) is 11.6 Å². The van der Waals surface area contributed by atoms with E-state index in [4.69, 9.17) is 21.1 Å². The van der Waals surface area contributed by atoms with E-state index in [1.54, 1.807) is 18.2 Å². The maximum atomic E-state index is 11.1. The van der Waals surface area contributed by atoms with E-state index in [-0.39, 0.29) is 5.41 Å². The van der Waals surface area contributed by atoms with Gasteiger partial charge in [-0.2, -0.15) is 0 Å². The normalized spacial score (nSPS) is 32.9. The third-order valence-electron chi connectivity index (χ3n) is 4.29. The van der Waals surface area contributed by atoms with Crippen molar-refractivity contribution in [3.8, 4) is 0 Å². The molecular weight excluding hydrogens is 254 g/mol. The van der Waals surface area contributed by atoms with Crippen LogP contribution in [0.5, 0.6) is 0 Å². The van der Waals surface area contributed by atoms with Crippen LogP contribution in [0.3, 0.4) is 0 Å². The number of oxazole rings is 1. The lowest BCUT2D eigenvalue weighted by atomic mass is 9.35. The first-order valence-electron chi connectivity index (χ1n) is 5.83. The molecule has 0 aliphatic heterocycles. The van der Waals surface area contributed by atoms with Gasteiger partial charge in [0, 0.05) is 5.02 Å². The van der Waals surface area contributed by atoms with Crippen LogP contribution in [0.15, 0.2) is 22.6 Å². The standard InChI is InChI=1S/C13H10ClNO3/c14-7-1-2-9-8(3-7)15-10(18-9)12-4-13(5-12,6-12)11(16)17/h1-3H,4-6H2,(H,16,17). The van der Waals surface area contributed by atoms with Gasteiger partial charge in [-0.25, -0.2) is 4.98 Å². The van der Waals surface area contributed by atoms with Crippen LogP contribution in [0, 0.1) is 5.41 Å². The minimum absolute atomic E-state index is 0.135. The zero-order valence-electron chi connectivity index (χ0n) is 9.44. The van der Waals surface area contributed by atoms with E-state index in [1.807, 2.05) is 0 Å². The first-order chi connectivity index (χ1) is 8.53. The van der Waals surface area contributed by atoms with Gasteiger partial charge in [-0.05, 0) is 37.5 Å². The van der Waals surface area contributed by atoms with Gasteiger partial charge in [-0.3, -0.25) is 4.79 Å². The second-order valence-electron chi connectivity index (χ2n) is 5.53. The summed E-state index contributed by atoms with van der Waals surface area (Å²) in [6, 6.07) is 5.33. The van der Waals surface area contributed by atoms with Crippen LogP contribution in [0.1, 0.15) is 25.2 Å². The predicted molar refractivity (Wildman–Crippen MR) is 64.6 cm³/mol. The van der Waals surface area contributed by atoms with Crippen molar-refractivity contribution in [1.82, 2.24) is 4.98 Å². The summed E-state index contributed by atoms with van der Waals surface area (Å²) in [6.07, 6.45) is 1.95. The second kappa shape index (κ2) is 2.88. The van der Waals surface area contributed by atoms with Crippen LogP contribution in [0.25, 0.3) is 11.1 Å². The number of carboxylic acids is 1. The molecule has 1 aromatic heterocycles. The Labute approximate surface area is 108 Å². The Morgan fingerprint density at radius 3 is 2.78 bits per heavy atom. The smallest absolute Gasteiger partial charge is 0.309 e. The largest absolute Gasteiger partial charge is 0.481 e. The average molecular weight is 264 g/mol. The molecule has 0 atom stereocenters. The van der Waals surface area contributed by atoms with Crippen LogP contribution >= 0.6 is 11.6 Å². The lowest BCUT2D eigenvalue weighted by Crippen LogP contribution is -2.68. The van der Waals surface area contributed by atoms with Crippen LogP contribution in [-0.2, 0) is 10.2 Å². The first-order valence-corrected chi connectivity index (χ1v) is 6.21. The SMILES string of the molecule is O=C(O)C12CC(c3nc4cc(Cl)ccc4o3)(C1)C2. The molecule has 3 fully saturated rings. The third kappa shape index (κ3) is 1.07. The predicted octanol–water partition coefficient (Wildman–Crippen LogP) is 2.99. The van der Waals surface area contributed by atoms with Crippen LogP contribution in [0.2, 0.25) is 5.02 Å². The zero-order valence-corrected chi connectivity index (χ0v) is 10.2. The topological polar surface area (TPSA) is 63.3 Å². The average Bonchev–Trinajstić information content (AvgIpc) is 2.55. The van der Waals surface area contributed by atoms with Crippen molar-refractivity contribution in [3.63, 3.8) is 0 Å². The van der Waals surface area contributed by atoms with Crippen molar-refractivity contribution in [2.45, 2.75) is 24.7 Å². The van der Waals surface area contributed by atoms with Crippen LogP contribution in [-0.4, -0.2) is 16.1 Å². The molecule has 0 unspecified atom stereocenters. The van der Waals surface area contributed by atoms with Gasteiger partial charge in [0.15, 0.2) is 5.58 Å². The Balaban J connectivity index is 1.72. The van der Waals surface area contributed by atoms with Crippen molar-refractivity contribution in [1.29, 1.82) is 0 Å². The van der Waals surface area contributed by atoms with Gasteiger partial charge >= 0.3 is 5.97 Å². The highest BCUT2D eigenvalue weighted by molar-refractivity contribution is 6.31. The lowest BCUT2D eigenvalue weighted by Gasteiger charge is -2.66. The highest BCUT2D eigenvalue weighted by atomic mass is 35.5. The van der Waals surface area contributed by atoms with Gasteiger partial charge in [0.05, 0.1) is 10.8 Å². The molecule has 2 bridgehead atoms. The number of benzene rings is 1. The molecular formula is C13H10ClNO3. The molecule has 0 amide bonds. The Morgan fingerprint density at radius 2 is 2.11 bits per heavy atom. The van der Waals surface area contributed by atoms with E-state index in [0.717, 1.165) is 5.52 Å². The summed E-state index contributed by atoms with van der Waals surface area (Å²) < 4.78 is 5.73. The fourth-order valence-corrected chi connectivity index (χ4v) is 3.54. The van der Waals surface area contributed by atoms with Gasteiger partial charge in [0.1, 0.15) is 5.52 Å². The maximum Gasteiger partial charge on any atom is 0.309 e. The molecule has 1 aromatic carbocycles. The molecule has 1 heterocycles. The van der Waals surface area contributed by atoms with Crippen molar-refractivity contribution in [2.75, 3.05) is 0 Å². The minimum Gasteiger partial charge on any atom is -0.481 e. The number of rotatable bonds is 2. The third-order valence-corrected chi connectivity index (χ3v) is 4.52. The molecule has 3 aliphatic rings. The Hall–Kier alpha value is -1.55. The lowest BCUT2D eigenvalue weighted by molar-refractivity contribution is -0.198. The highest BCUT2D eigenvalue weighted by Crippen LogP contribution is 2.73. The monoisotopic (exact) mass is 263 g/mol. The van der Waals surface area contributed by atoms with E-state index in [1.165, 1.54) is 0 Å². The molecule has 2 aromatic rings. The van der Waals surface area contributed by atoms with E-state index < -0.39 is 11.4 Å². The number of carbonyl (C=O) groups is 1. The molecule has 92 valence electrons. The molecule has 3 saturated carbocycles. The molecule has 5 heteroatoms. The second-order valence-corrected chi connectivity index (χ2v) is 5.96. The fourth-order valence-electron chi connectivity index (χ4n) is 3.37. The summed E-state index contributed by atoms with van der Waals surface area (Å²) in [5.74, 6) is -0.0218. The Morgan fingerprint density at radius 1 is 1.39 bits per heavy atom. The van der Waals surface area contributed by atoms with Crippen molar-refractivity contribution in [2.24, 2.45) is 5.41 Å². The van der Waals surface area contributed by atoms with E-state index in [0.29, 0.717) is 35.8 Å². The summed E-state index contributed by atoms with van der Waals surface area (Å²) in [5, 5.41) is 9.73. The number of fused-ring (bicyclic) bond motifs is 1. The van der Waals surface area contributed by atoms with E-state index in [9.17, 15) is 4.79 Å². The van der Waals surface area contributed by atoms with Crippen LogP contribution in [0.4, 0.5) is 0 Å². The molecule has 18 heavy (non-hydrogen) atoms. The minimum atomic E-state index is -0.691. The molecule has 4 nitrogen and oxygen atoms in total. The number of hydrogen-bond acceptors (Lipinski definition) is 3. The summed E-state index contributed by atoms with van der Waals surface area (Å²) in [4.78, 5) is 15.5. The Bertz CT molecular complexity index is 671. The maximum absolute atomic E-state index is 11.1. The summed E-state index contributed by atoms with van der Waals surface area (Å²) in [5.41, 5.74) is 0.817. The van der Waals surface area contributed by atoms with Crippen molar-refractivity contribution >= 4 is 28.7 Å². The Kier molecular flexibility index (Phi) is 1.66. The highest BCUT2D eigenvalue weighted by Gasteiger charge is 2.74. The quantitative estimate of drug-likeness (QED) is 0.905. The number of halogens is 1. The number of aliphatic carboxylic acids is 1. The summed E-state index contributed by atoms with van der Waals surface area (Å²) in [7, 11) is 0. The molecule has 1 N–H and O–H groups in total. The molecule has 3 aliphatic carbocycles. The van der Waals surface area contributed by atoms with Gasteiger partial charge in [0.2, 0.25) is 5.89 Å². The summed E-state index contributed by atoms with van der Waals surface area (Å²) in [6.45, 7) is 0. The zero-order chi connectivity index (χ0) is 12.5. The number of aromatic nitrogens is 1. The van der Waals surface area contributed by atoms with Gasteiger partial charge < -0.3 is 9.52 Å². The number of nitrogens with zero attached hydrogens (tertiary/aromatic N) is 1. The van der Waals surface area contributed by atoms with E-state index >= 15 is 0 Å². The summed E-state index contributed by atoms with van der Waals surface area (Å²) >= 11 is 5.90. The molecule has 0 radical (unpaired) electrons. The molecule has 0 saturated heterocycles. The van der Waals surface area contributed by atoms with Crippen molar-refractivity contribution < 1.29 is 14.3 Å². The van der Waals surface area contributed by atoms with Gasteiger partial charge in [0.25, 0.3) is 0 Å². The molecule has 5 rings (SSSR count). The fraction of sp³-hybridized carbons (Fsp3) is 0.385. The van der Waals surface area contributed by atoms with Crippen LogP contribution < -0.4 is 0 Å². The first kappa shape index (κ1) is 10.4.